The average molecular weight is 511 g/mol. The molecule has 5 nitrogen and oxygen atoms in total. The van der Waals surface area contributed by atoms with Gasteiger partial charge >= 0.3 is 19.5 Å². The van der Waals surface area contributed by atoms with Gasteiger partial charge in [-0.3, -0.25) is 19.9 Å². The number of benzene rings is 2. The summed E-state index contributed by atoms with van der Waals surface area (Å²) in [4.78, 5) is 17.5. The minimum absolute atomic E-state index is 0. The van der Waals surface area contributed by atoms with Gasteiger partial charge in [-0.1, -0.05) is 60.7 Å². The van der Waals surface area contributed by atoms with Crippen LogP contribution in [-0.4, -0.2) is 19.9 Å². The van der Waals surface area contributed by atoms with Gasteiger partial charge in [0.15, 0.2) is 0 Å². The molecule has 0 unspecified atom stereocenters. The Labute approximate surface area is 203 Å². The summed E-state index contributed by atoms with van der Waals surface area (Å²) in [7, 11) is 0. The van der Waals surface area contributed by atoms with E-state index >= 15 is 0 Å². The second-order valence-electron chi connectivity index (χ2n) is 6.85. The van der Waals surface area contributed by atoms with Gasteiger partial charge in [0.05, 0.1) is 40.2 Å². The summed E-state index contributed by atoms with van der Waals surface area (Å²) < 4.78 is 0. The molecule has 0 fully saturated rings. The number of nitriles is 1. The van der Waals surface area contributed by atoms with Crippen molar-refractivity contribution in [3.05, 3.63) is 95.8 Å². The van der Waals surface area contributed by atoms with E-state index in [1.807, 2.05) is 88.4 Å². The van der Waals surface area contributed by atoms with Crippen LogP contribution in [0.5, 0.6) is 0 Å². The summed E-state index contributed by atoms with van der Waals surface area (Å²) in [5.74, 6) is 0. The molecular formula is C26H27N5Ru+3. The molecule has 0 bridgehead atoms. The van der Waals surface area contributed by atoms with Gasteiger partial charge < -0.3 is 0 Å². The van der Waals surface area contributed by atoms with Crippen molar-refractivity contribution in [2.75, 3.05) is 0 Å². The van der Waals surface area contributed by atoms with Crippen molar-refractivity contribution in [2.45, 2.75) is 34.6 Å². The van der Waals surface area contributed by atoms with E-state index in [0.717, 1.165) is 45.3 Å². The molecule has 0 amide bonds. The van der Waals surface area contributed by atoms with Crippen LogP contribution in [0.15, 0.2) is 73.1 Å². The molecule has 2 aromatic heterocycles. The van der Waals surface area contributed by atoms with Crippen LogP contribution in [0.1, 0.15) is 29.7 Å². The van der Waals surface area contributed by atoms with Crippen molar-refractivity contribution in [3.8, 4) is 28.6 Å². The first-order chi connectivity index (χ1) is 15.0. The molecule has 4 aromatic rings. The van der Waals surface area contributed by atoms with E-state index in [2.05, 4.69) is 19.9 Å². The first-order valence-corrected chi connectivity index (χ1v) is 9.98. The van der Waals surface area contributed by atoms with Crippen LogP contribution in [-0.2, 0) is 19.5 Å². The monoisotopic (exact) mass is 511 g/mol. The normalized spacial score (nSPS) is 9.12. The molecule has 0 atom stereocenters. The molecule has 2 aromatic carbocycles. The molecule has 2 heterocycles. The number of hydrogen-bond acceptors (Lipinski definition) is 5. The van der Waals surface area contributed by atoms with Crippen LogP contribution in [0, 0.1) is 39.0 Å². The van der Waals surface area contributed by atoms with Crippen LogP contribution in [0.2, 0.25) is 0 Å². The van der Waals surface area contributed by atoms with Gasteiger partial charge in [0.1, 0.15) is 0 Å². The van der Waals surface area contributed by atoms with Crippen molar-refractivity contribution in [3.63, 3.8) is 0 Å². The van der Waals surface area contributed by atoms with Crippen LogP contribution < -0.4 is 0 Å². The molecule has 0 N–H and O–H groups in total. The second-order valence-corrected chi connectivity index (χ2v) is 6.85. The Balaban J connectivity index is 0.000000278. The van der Waals surface area contributed by atoms with Gasteiger partial charge in [-0.15, -0.1) is 0 Å². The zero-order valence-electron chi connectivity index (χ0n) is 19.0. The van der Waals surface area contributed by atoms with Crippen LogP contribution in [0.3, 0.4) is 0 Å². The second kappa shape index (κ2) is 13.9. The average Bonchev–Trinajstić information content (AvgIpc) is 2.76. The molecule has 0 saturated carbocycles. The van der Waals surface area contributed by atoms with E-state index in [9.17, 15) is 0 Å². The van der Waals surface area contributed by atoms with Gasteiger partial charge in [0.2, 0.25) is 0 Å². The van der Waals surface area contributed by atoms with Crippen LogP contribution in [0.4, 0.5) is 0 Å². The summed E-state index contributed by atoms with van der Waals surface area (Å²) >= 11 is 0. The molecule has 0 aliphatic carbocycles. The first-order valence-electron chi connectivity index (χ1n) is 9.98. The standard InChI is InChI=1S/2C12H12N2.C2H3N.Ru/c2*1-9-8-13-12(10(2)14-9)11-6-4-3-5-7-11;1-2-3;/h2*3-8H,1-2H3;1H3;/q;;;+3. The molecule has 0 spiro atoms. The molecular weight excluding hydrogens is 483 g/mol. The molecule has 4 rings (SSSR count). The predicted octanol–water partition coefficient (Wildman–Crippen LogP) is 6.05. The Morgan fingerprint density at radius 3 is 1.22 bits per heavy atom. The maximum atomic E-state index is 7.32. The smallest absolute Gasteiger partial charge is 0.255 e. The molecule has 32 heavy (non-hydrogen) atoms. The molecule has 161 valence electrons. The summed E-state index contributed by atoms with van der Waals surface area (Å²) in [6.45, 7) is 9.31. The first kappa shape index (κ1) is 26.7. The van der Waals surface area contributed by atoms with Crippen molar-refractivity contribution in [2.24, 2.45) is 0 Å². The number of hydrogen-bond donors (Lipinski definition) is 0. The Hall–Kier alpha value is -3.29. The molecule has 6 heteroatoms. The quantitative estimate of drug-likeness (QED) is 0.307. The third-order valence-corrected chi connectivity index (χ3v) is 4.23. The van der Waals surface area contributed by atoms with E-state index in [4.69, 9.17) is 5.26 Å². The fourth-order valence-electron chi connectivity index (χ4n) is 2.95. The van der Waals surface area contributed by atoms with E-state index in [-0.39, 0.29) is 19.5 Å². The zero-order valence-corrected chi connectivity index (χ0v) is 20.8. The van der Waals surface area contributed by atoms with Gasteiger partial charge in [0, 0.05) is 30.4 Å². The number of rotatable bonds is 2. The maximum absolute atomic E-state index is 7.32. The molecule has 0 saturated heterocycles. The SMILES string of the molecule is CC#N.Cc1cnc(-c2ccccc2)c(C)n1.Cc1cnc(-c2ccccc2)c(C)n1.[Ru+3]. The Kier molecular flexibility index (Phi) is 11.6. The largest absolute Gasteiger partial charge is 3.00 e. The number of aromatic nitrogens is 4. The fraction of sp³-hybridized carbons (Fsp3) is 0.192. The molecule has 1 radical (unpaired) electrons. The van der Waals surface area contributed by atoms with Crippen molar-refractivity contribution < 1.29 is 19.5 Å². The third-order valence-electron chi connectivity index (χ3n) is 4.23. The molecule has 0 aliphatic heterocycles. The van der Waals surface area contributed by atoms with E-state index < -0.39 is 0 Å². The van der Waals surface area contributed by atoms with Crippen molar-refractivity contribution >= 4 is 0 Å². The third kappa shape index (κ3) is 8.09. The zero-order chi connectivity index (χ0) is 22.6. The van der Waals surface area contributed by atoms with E-state index in [0.29, 0.717) is 0 Å². The number of aryl methyl sites for hydroxylation is 4. The summed E-state index contributed by atoms with van der Waals surface area (Å²) in [6, 6.07) is 22.0. The maximum Gasteiger partial charge on any atom is 3.00 e. The Morgan fingerprint density at radius 2 is 0.938 bits per heavy atom. The van der Waals surface area contributed by atoms with Gasteiger partial charge in [0.25, 0.3) is 0 Å². The summed E-state index contributed by atoms with van der Waals surface area (Å²) in [6.07, 6.45) is 3.60. The minimum atomic E-state index is 0. The Bertz CT molecular complexity index is 1050. The van der Waals surface area contributed by atoms with Crippen molar-refractivity contribution in [1.29, 1.82) is 5.26 Å². The van der Waals surface area contributed by atoms with Gasteiger partial charge in [-0.25, -0.2) is 0 Å². The molecule has 0 aliphatic rings. The topological polar surface area (TPSA) is 75.3 Å². The van der Waals surface area contributed by atoms with Crippen LogP contribution >= 0.6 is 0 Å². The predicted molar refractivity (Wildman–Crippen MR) is 125 cm³/mol. The summed E-state index contributed by atoms with van der Waals surface area (Å²) in [5, 5.41) is 7.32. The van der Waals surface area contributed by atoms with Gasteiger partial charge in [-0.2, -0.15) is 5.26 Å². The van der Waals surface area contributed by atoms with Crippen LogP contribution in [0.25, 0.3) is 22.5 Å². The summed E-state index contributed by atoms with van der Waals surface area (Å²) in [5.41, 5.74) is 8.07. The van der Waals surface area contributed by atoms with Gasteiger partial charge in [-0.05, 0) is 27.7 Å². The van der Waals surface area contributed by atoms with E-state index in [1.54, 1.807) is 18.5 Å². The van der Waals surface area contributed by atoms with Crippen molar-refractivity contribution in [1.82, 2.24) is 19.9 Å². The number of nitrogens with zero attached hydrogens (tertiary/aromatic N) is 5. The minimum Gasteiger partial charge on any atom is -0.255 e. The Morgan fingerprint density at radius 1 is 0.625 bits per heavy atom. The van der Waals surface area contributed by atoms with E-state index in [1.165, 1.54) is 6.92 Å². The fourth-order valence-corrected chi connectivity index (χ4v) is 2.95.